The van der Waals surface area contributed by atoms with E-state index in [9.17, 15) is 20.2 Å². The molecule has 0 aromatic rings. The van der Waals surface area contributed by atoms with Crippen LogP contribution in [0.4, 0.5) is 0 Å². The van der Waals surface area contributed by atoms with Crippen LogP contribution in [0.25, 0.3) is 0 Å². The Kier molecular flexibility index (Phi) is 2.07. The van der Waals surface area contributed by atoms with E-state index in [0.29, 0.717) is 0 Å². The standard InChI is InChI=1S/CH3N5O4/c2-1(3)4(5(7)8)6(9)10/h(H3,2,3). The number of hydrogen-bond donors (Lipinski definition) is 2. The molecule has 0 saturated carbocycles. The highest BCUT2D eigenvalue weighted by molar-refractivity contribution is 5.71. The third-order valence-electron chi connectivity index (χ3n) is 0.525. The van der Waals surface area contributed by atoms with Gasteiger partial charge in [0.2, 0.25) is 15.2 Å². The van der Waals surface area contributed by atoms with Crippen LogP contribution in [-0.4, -0.2) is 21.1 Å². The summed E-state index contributed by atoms with van der Waals surface area (Å²) in [5, 5.41) is 22.1. The van der Waals surface area contributed by atoms with E-state index in [-0.39, 0.29) is 0 Å². The molecule has 0 heterocycles. The molecule has 0 saturated heterocycles. The molecule has 0 spiro atoms. The molecule has 9 heteroatoms. The molecule has 0 aromatic heterocycles. The van der Waals surface area contributed by atoms with E-state index in [1.165, 1.54) is 0 Å². The molecule has 56 valence electrons. The highest BCUT2D eigenvalue weighted by Crippen LogP contribution is 1.84. The Bertz CT molecular complexity index is 153. The summed E-state index contributed by atoms with van der Waals surface area (Å²) < 4.78 is 0. The van der Waals surface area contributed by atoms with E-state index in [1.54, 1.807) is 0 Å². The van der Waals surface area contributed by atoms with Crippen molar-refractivity contribution < 1.29 is 10.1 Å². The van der Waals surface area contributed by atoms with Crippen molar-refractivity contribution in [2.24, 2.45) is 5.73 Å². The largest absolute Gasteiger partial charge is 0.360 e. The number of nitrogens with two attached hydrogens (primary N) is 1. The van der Waals surface area contributed by atoms with Crippen molar-refractivity contribution in [2.75, 3.05) is 0 Å². The number of nitrogens with zero attached hydrogens (tertiary/aromatic N) is 3. The number of nitro groups is 2. The summed E-state index contributed by atoms with van der Waals surface area (Å²) in [6.07, 6.45) is 0. The Balaban J connectivity index is 4.43. The molecule has 0 bridgehead atoms. The molecule has 0 aromatic carbocycles. The maximum absolute atomic E-state index is 9.65. The predicted octanol–water partition coefficient (Wildman–Crippen LogP) is -1.43. The van der Waals surface area contributed by atoms with Crippen LogP contribution in [0.3, 0.4) is 0 Å². The van der Waals surface area contributed by atoms with Gasteiger partial charge in [-0.1, -0.05) is 0 Å². The molecule has 0 aliphatic rings. The lowest BCUT2D eigenvalue weighted by Crippen LogP contribution is -2.44. The zero-order valence-electron chi connectivity index (χ0n) is 4.55. The molecule has 10 heavy (non-hydrogen) atoms. The molecule has 0 rings (SSSR count). The van der Waals surface area contributed by atoms with Gasteiger partial charge in [-0.2, -0.15) is 0 Å². The smallest absolute Gasteiger partial charge is 0.330 e. The summed E-state index contributed by atoms with van der Waals surface area (Å²) in [6, 6.07) is 0. The minimum Gasteiger partial charge on any atom is -0.360 e. The summed E-state index contributed by atoms with van der Waals surface area (Å²) in [4.78, 5) is 19.3. The lowest BCUT2D eigenvalue weighted by Gasteiger charge is -1.97. The van der Waals surface area contributed by atoms with Crippen LogP contribution in [0.15, 0.2) is 0 Å². The van der Waals surface area contributed by atoms with E-state index >= 15 is 0 Å². The zero-order valence-corrected chi connectivity index (χ0v) is 4.55. The summed E-state index contributed by atoms with van der Waals surface area (Å²) in [7, 11) is 0. The fourth-order valence-electron chi connectivity index (χ4n) is 0.236. The molecule has 0 unspecified atom stereocenters. The maximum atomic E-state index is 9.65. The Morgan fingerprint density at radius 3 is 1.70 bits per heavy atom. The molecular weight excluding hydrogens is 146 g/mol. The topological polar surface area (TPSA) is 139 Å². The third kappa shape index (κ3) is 1.54. The number of hydrazine groups is 2. The minimum absolute atomic E-state index is 0.694. The van der Waals surface area contributed by atoms with Crippen LogP contribution in [0.2, 0.25) is 0 Å². The summed E-state index contributed by atoms with van der Waals surface area (Å²) >= 11 is 0. The van der Waals surface area contributed by atoms with E-state index in [2.05, 4.69) is 5.73 Å². The minimum atomic E-state index is -1.40. The number of rotatable bonds is 2. The Labute approximate surface area is 53.8 Å². The molecule has 0 fully saturated rings. The van der Waals surface area contributed by atoms with E-state index < -0.39 is 21.1 Å². The first kappa shape index (κ1) is 8.07. The van der Waals surface area contributed by atoms with Gasteiger partial charge in [0.1, 0.15) is 0 Å². The molecule has 0 radical (unpaired) electrons. The van der Waals surface area contributed by atoms with Crippen molar-refractivity contribution in [3.8, 4) is 0 Å². The number of guanidine groups is 1. The molecule has 0 aliphatic carbocycles. The fourth-order valence-corrected chi connectivity index (χ4v) is 0.236. The molecule has 0 amide bonds. The molecule has 0 aliphatic heterocycles. The van der Waals surface area contributed by atoms with Crippen molar-refractivity contribution in [3.63, 3.8) is 0 Å². The average Bonchev–Trinajstić information content (AvgIpc) is 1.59. The van der Waals surface area contributed by atoms with Gasteiger partial charge >= 0.3 is 5.96 Å². The average molecular weight is 149 g/mol. The van der Waals surface area contributed by atoms with Crippen LogP contribution < -0.4 is 5.73 Å². The van der Waals surface area contributed by atoms with Gasteiger partial charge in [0.05, 0.1) is 0 Å². The molecule has 3 N–H and O–H groups in total. The van der Waals surface area contributed by atoms with Crippen LogP contribution in [0.5, 0.6) is 0 Å². The fraction of sp³-hybridized carbons (Fsp3) is 0. The highest BCUT2D eigenvalue weighted by Gasteiger charge is 2.31. The van der Waals surface area contributed by atoms with Crippen LogP contribution in [0, 0.1) is 25.6 Å². The summed E-state index contributed by atoms with van der Waals surface area (Å²) in [6.45, 7) is 0. The molecular formula is CH3N5O4. The second-order valence-electron chi connectivity index (χ2n) is 1.15. The summed E-state index contributed by atoms with van der Waals surface area (Å²) in [5.74, 6) is -1.24. The lowest BCUT2D eigenvalue weighted by atomic mass is 11.1. The van der Waals surface area contributed by atoms with Crippen molar-refractivity contribution in [1.82, 2.24) is 5.12 Å². The predicted molar refractivity (Wildman–Crippen MR) is 27.7 cm³/mol. The quantitative estimate of drug-likeness (QED) is 0.213. The van der Waals surface area contributed by atoms with E-state index in [0.717, 1.165) is 0 Å². The lowest BCUT2D eigenvalue weighted by molar-refractivity contribution is -0.881. The zero-order chi connectivity index (χ0) is 8.31. The Hall–Kier alpha value is -1.93. The van der Waals surface area contributed by atoms with Gasteiger partial charge in [-0.3, -0.25) is 5.41 Å². The van der Waals surface area contributed by atoms with Crippen LogP contribution in [-0.2, 0) is 0 Å². The van der Waals surface area contributed by atoms with Crippen LogP contribution in [0.1, 0.15) is 0 Å². The number of nitrogens with one attached hydrogen (secondary N) is 1. The summed E-state index contributed by atoms with van der Waals surface area (Å²) in [5.41, 5.74) is 4.46. The first-order valence-electron chi connectivity index (χ1n) is 1.89. The Morgan fingerprint density at radius 2 is 1.70 bits per heavy atom. The van der Waals surface area contributed by atoms with Gasteiger partial charge < -0.3 is 5.73 Å². The first-order valence-corrected chi connectivity index (χ1v) is 1.89. The van der Waals surface area contributed by atoms with Crippen molar-refractivity contribution in [1.29, 1.82) is 5.41 Å². The van der Waals surface area contributed by atoms with Crippen LogP contribution >= 0.6 is 0 Å². The molecule has 9 nitrogen and oxygen atoms in total. The Morgan fingerprint density at radius 1 is 1.40 bits per heavy atom. The third-order valence-corrected chi connectivity index (χ3v) is 0.525. The van der Waals surface area contributed by atoms with Crippen molar-refractivity contribution in [3.05, 3.63) is 20.2 Å². The van der Waals surface area contributed by atoms with E-state index in [1.807, 2.05) is 0 Å². The van der Waals surface area contributed by atoms with Gasteiger partial charge in [-0.25, -0.2) is 20.2 Å². The maximum Gasteiger partial charge on any atom is 0.330 e. The van der Waals surface area contributed by atoms with Crippen molar-refractivity contribution in [2.45, 2.75) is 0 Å². The number of hydrogen-bond acceptors (Lipinski definition) is 5. The van der Waals surface area contributed by atoms with E-state index in [4.69, 9.17) is 5.41 Å². The van der Waals surface area contributed by atoms with Crippen molar-refractivity contribution >= 4 is 5.96 Å². The van der Waals surface area contributed by atoms with Gasteiger partial charge in [0.25, 0.3) is 0 Å². The monoisotopic (exact) mass is 149 g/mol. The van der Waals surface area contributed by atoms with Gasteiger partial charge in [-0.15, -0.1) is 0 Å². The normalized spacial score (nSPS) is 8.40. The van der Waals surface area contributed by atoms with Gasteiger partial charge in [0, 0.05) is 0 Å². The van der Waals surface area contributed by atoms with Gasteiger partial charge in [-0.05, 0) is 0 Å². The van der Waals surface area contributed by atoms with Gasteiger partial charge in [0.15, 0.2) is 0 Å². The first-order chi connectivity index (χ1) is 4.46. The second-order valence-corrected chi connectivity index (χ2v) is 1.15. The molecule has 0 atom stereocenters. The second kappa shape index (κ2) is 2.57. The highest BCUT2D eigenvalue weighted by atomic mass is 16.8. The SMILES string of the molecule is N=C(N)N([N+](=O)[O-])[N+](=O)[O-].